The predicted octanol–water partition coefficient (Wildman–Crippen LogP) is 9.57. The zero-order chi connectivity index (χ0) is 25.8. The summed E-state index contributed by atoms with van der Waals surface area (Å²) in [5.41, 5.74) is 0. The standard InChI is InChI=1S/C31H56O4/c1-3-5-6-7-8-9-10-11-12-13-14-15-16-17-18-19-20-21-22-23-24-25-26-29(28-30(32)33)31(34)35-27-4-2/h4,22-23,29H,2-3,5-21,24-28H2,1H3,(H,32,33)/b23-22+. The highest BCUT2D eigenvalue weighted by Crippen LogP contribution is 2.17. The molecule has 0 aromatic heterocycles. The number of hydrogen-bond acceptors (Lipinski definition) is 3. The quantitative estimate of drug-likeness (QED) is 0.0704. The molecule has 0 amide bonds. The van der Waals surface area contributed by atoms with Gasteiger partial charge in [0.2, 0.25) is 0 Å². The number of esters is 1. The number of rotatable bonds is 27. The summed E-state index contributed by atoms with van der Waals surface area (Å²) in [6.07, 6.45) is 32.8. The summed E-state index contributed by atoms with van der Waals surface area (Å²) in [6.45, 7) is 5.93. The number of carbonyl (C=O) groups is 2. The van der Waals surface area contributed by atoms with Crippen molar-refractivity contribution < 1.29 is 19.4 Å². The molecular formula is C31H56O4. The number of ether oxygens (including phenoxy) is 1. The third-order valence-corrected chi connectivity index (χ3v) is 6.66. The smallest absolute Gasteiger partial charge is 0.309 e. The van der Waals surface area contributed by atoms with Gasteiger partial charge in [-0.3, -0.25) is 9.59 Å². The maximum atomic E-state index is 11.9. The lowest BCUT2D eigenvalue weighted by Crippen LogP contribution is -2.21. The van der Waals surface area contributed by atoms with Crippen molar-refractivity contribution in [1.29, 1.82) is 0 Å². The Bertz CT molecular complexity index is 526. The number of aliphatic carboxylic acids is 1. The normalized spacial score (nSPS) is 12.1. The minimum Gasteiger partial charge on any atom is -0.481 e. The molecule has 0 aliphatic carbocycles. The van der Waals surface area contributed by atoms with Crippen molar-refractivity contribution in [3.05, 3.63) is 24.8 Å². The first-order valence-electron chi connectivity index (χ1n) is 14.8. The Morgan fingerprint density at radius 2 is 1.14 bits per heavy atom. The van der Waals surface area contributed by atoms with Crippen molar-refractivity contribution in [3.8, 4) is 0 Å². The summed E-state index contributed by atoms with van der Waals surface area (Å²) < 4.78 is 5.02. The Labute approximate surface area is 217 Å². The van der Waals surface area contributed by atoms with Crippen molar-refractivity contribution in [1.82, 2.24) is 0 Å². The van der Waals surface area contributed by atoms with Crippen LogP contribution in [0.5, 0.6) is 0 Å². The van der Waals surface area contributed by atoms with Crippen LogP contribution in [0.2, 0.25) is 0 Å². The Morgan fingerprint density at radius 3 is 1.57 bits per heavy atom. The molecule has 0 aromatic rings. The summed E-state index contributed by atoms with van der Waals surface area (Å²) in [5.74, 6) is -1.95. The molecule has 0 spiro atoms. The highest BCUT2D eigenvalue weighted by molar-refractivity contribution is 5.79. The van der Waals surface area contributed by atoms with Crippen LogP contribution in [0.3, 0.4) is 0 Å². The van der Waals surface area contributed by atoms with E-state index in [2.05, 4.69) is 25.7 Å². The minimum atomic E-state index is -0.958. The van der Waals surface area contributed by atoms with Crippen LogP contribution in [0.15, 0.2) is 24.8 Å². The fourth-order valence-corrected chi connectivity index (χ4v) is 4.48. The maximum absolute atomic E-state index is 11.9. The summed E-state index contributed by atoms with van der Waals surface area (Å²) in [5, 5.41) is 8.99. The maximum Gasteiger partial charge on any atom is 0.309 e. The van der Waals surface area contributed by atoms with E-state index < -0.39 is 17.9 Å². The zero-order valence-corrected chi connectivity index (χ0v) is 23.0. The van der Waals surface area contributed by atoms with Gasteiger partial charge in [-0.25, -0.2) is 0 Å². The number of allylic oxidation sites excluding steroid dienone is 2. The first-order valence-corrected chi connectivity index (χ1v) is 14.8. The lowest BCUT2D eigenvalue weighted by atomic mass is 9.98. The molecule has 1 atom stereocenters. The molecular weight excluding hydrogens is 436 g/mol. The summed E-state index contributed by atoms with van der Waals surface area (Å²) in [7, 11) is 0. The SMILES string of the molecule is C=CCOC(=O)C(CCC/C=C/CCCCCCCCCCCCCCCCCCC)CC(=O)O. The van der Waals surface area contributed by atoms with E-state index in [-0.39, 0.29) is 13.0 Å². The fraction of sp³-hybridized carbons (Fsp3) is 0.806. The predicted molar refractivity (Wildman–Crippen MR) is 149 cm³/mol. The Kier molecular flexibility index (Phi) is 25.8. The highest BCUT2D eigenvalue weighted by Gasteiger charge is 2.22. The van der Waals surface area contributed by atoms with E-state index in [1.807, 2.05) is 0 Å². The number of unbranched alkanes of at least 4 members (excludes halogenated alkanes) is 18. The first kappa shape index (κ1) is 33.4. The van der Waals surface area contributed by atoms with Gasteiger partial charge in [-0.2, -0.15) is 0 Å². The van der Waals surface area contributed by atoms with E-state index in [0.29, 0.717) is 6.42 Å². The van der Waals surface area contributed by atoms with Gasteiger partial charge in [0, 0.05) is 0 Å². The van der Waals surface area contributed by atoms with E-state index in [0.717, 1.165) is 19.3 Å². The molecule has 35 heavy (non-hydrogen) atoms. The summed E-state index contributed by atoms with van der Waals surface area (Å²) in [6, 6.07) is 0. The molecule has 0 rings (SSSR count). The van der Waals surface area contributed by atoms with Gasteiger partial charge in [0.05, 0.1) is 12.3 Å². The Hall–Kier alpha value is -1.58. The molecule has 0 bridgehead atoms. The van der Waals surface area contributed by atoms with Crippen molar-refractivity contribution in [2.45, 2.75) is 148 Å². The topological polar surface area (TPSA) is 63.6 Å². The second-order valence-corrected chi connectivity index (χ2v) is 10.1. The van der Waals surface area contributed by atoms with Crippen molar-refractivity contribution in [3.63, 3.8) is 0 Å². The third-order valence-electron chi connectivity index (χ3n) is 6.66. The van der Waals surface area contributed by atoms with Crippen LogP contribution >= 0.6 is 0 Å². The monoisotopic (exact) mass is 492 g/mol. The zero-order valence-electron chi connectivity index (χ0n) is 23.0. The van der Waals surface area contributed by atoms with Crippen molar-refractivity contribution in [2.24, 2.45) is 5.92 Å². The van der Waals surface area contributed by atoms with Gasteiger partial charge in [0.15, 0.2) is 0 Å². The van der Waals surface area contributed by atoms with Gasteiger partial charge in [-0.05, 0) is 32.1 Å². The molecule has 0 aliphatic heterocycles. The van der Waals surface area contributed by atoms with E-state index in [1.54, 1.807) is 0 Å². The number of carbonyl (C=O) groups excluding carboxylic acids is 1. The molecule has 1 unspecified atom stereocenters. The van der Waals surface area contributed by atoms with Crippen molar-refractivity contribution in [2.75, 3.05) is 6.61 Å². The largest absolute Gasteiger partial charge is 0.481 e. The molecule has 0 radical (unpaired) electrons. The molecule has 0 fully saturated rings. The van der Waals surface area contributed by atoms with Gasteiger partial charge in [-0.15, -0.1) is 0 Å². The summed E-state index contributed by atoms with van der Waals surface area (Å²) >= 11 is 0. The average molecular weight is 493 g/mol. The molecule has 0 saturated heterocycles. The number of hydrogen-bond donors (Lipinski definition) is 1. The second kappa shape index (κ2) is 27.0. The first-order chi connectivity index (χ1) is 17.1. The number of carboxylic acid groups (broad SMARTS) is 1. The molecule has 0 aromatic carbocycles. The molecule has 0 saturated carbocycles. The third kappa shape index (κ3) is 25.3. The van der Waals surface area contributed by atoms with E-state index in [9.17, 15) is 9.59 Å². The second-order valence-electron chi connectivity index (χ2n) is 10.1. The molecule has 0 aliphatic rings. The molecule has 4 heteroatoms. The van der Waals surface area contributed by atoms with Crippen LogP contribution in [-0.2, 0) is 14.3 Å². The molecule has 0 heterocycles. The molecule has 204 valence electrons. The van der Waals surface area contributed by atoms with Crippen LogP contribution < -0.4 is 0 Å². The lowest BCUT2D eigenvalue weighted by Gasteiger charge is -2.12. The van der Waals surface area contributed by atoms with Gasteiger partial charge >= 0.3 is 11.9 Å². The van der Waals surface area contributed by atoms with Crippen LogP contribution in [0.25, 0.3) is 0 Å². The van der Waals surface area contributed by atoms with Gasteiger partial charge < -0.3 is 9.84 Å². The van der Waals surface area contributed by atoms with Crippen LogP contribution in [0.4, 0.5) is 0 Å². The highest BCUT2D eigenvalue weighted by atomic mass is 16.5. The van der Waals surface area contributed by atoms with Crippen LogP contribution in [-0.4, -0.2) is 23.7 Å². The van der Waals surface area contributed by atoms with Crippen molar-refractivity contribution >= 4 is 11.9 Å². The van der Waals surface area contributed by atoms with Crippen LogP contribution in [0, 0.1) is 5.92 Å². The molecule has 4 nitrogen and oxygen atoms in total. The van der Waals surface area contributed by atoms with E-state index in [1.165, 1.54) is 115 Å². The van der Waals surface area contributed by atoms with Gasteiger partial charge in [0.1, 0.15) is 6.61 Å². The lowest BCUT2D eigenvalue weighted by molar-refractivity contribution is -0.152. The van der Waals surface area contributed by atoms with E-state index >= 15 is 0 Å². The van der Waals surface area contributed by atoms with Gasteiger partial charge in [-0.1, -0.05) is 134 Å². The van der Waals surface area contributed by atoms with Crippen LogP contribution in [0.1, 0.15) is 148 Å². The van der Waals surface area contributed by atoms with E-state index in [4.69, 9.17) is 9.84 Å². The average Bonchev–Trinajstić information content (AvgIpc) is 2.84. The fourth-order valence-electron chi connectivity index (χ4n) is 4.48. The number of carboxylic acids is 1. The Morgan fingerprint density at radius 1 is 0.714 bits per heavy atom. The summed E-state index contributed by atoms with van der Waals surface area (Å²) in [4.78, 5) is 22.9. The Balaban J connectivity index is 3.44. The molecule has 1 N–H and O–H groups in total. The van der Waals surface area contributed by atoms with Gasteiger partial charge in [0.25, 0.3) is 0 Å². The minimum absolute atomic E-state index is 0.133.